The van der Waals surface area contributed by atoms with Crippen LogP contribution in [-0.4, -0.2) is 114 Å². The third-order valence-electron chi connectivity index (χ3n) is 14.3. The standard InChI is InChI=1S/C40H60BO14/c1-21-15-17-31-37(5,6)29(42)13-9-11-26-20-28(24(4)47-26)49-36(45)34-40-22(2)16-18-32(51-40)38(7,8)30(43)14-10-12-25-19-27(23(3)46-25)48-35(44)33-39(21,50-31)54-41(52-33,53-34)55-40/h9-12,21-34,42-43H,13-20H2,1-8H3/q-1/b11-9+,12-10+/t21-,22-,23-,24-,25-,26-,27+,28+,29-,30+,31+,32+,33+,34+,39+,40+,41?/m1/s1. The van der Waals surface area contributed by atoms with Crippen LogP contribution in [0.1, 0.15) is 107 Å². The lowest BCUT2D eigenvalue weighted by atomic mass is 9.73. The van der Waals surface area contributed by atoms with E-state index in [0.29, 0.717) is 51.4 Å². The molecular weight excluding hydrogens is 715 g/mol. The van der Waals surface area contributed by atoms with Crippen molar-refractivity contribution in [2.75, 3.05) is 0 Å². The van der Waals surface area contributed by atoms with Crippen molar-refractivity contribution in [1.82, 2.24) is 0 Å². The predicted octanol–water partition coefficient (Wildman–Crippen LogP) is 4.15. The van der Waals surface area contributed by atoms with E-state index in [-0.39, 0.29) is 12.2 Å². The van der Waals surface area contributed by atoms with Gasteiger partial charge in [-0.15, -0.1) is 0 Å². The van der Waals surface area contributed by atoms with Crippen molar-refractivity contribution in [3.05, 3.63) is 24.3 Å². The number of rotatable bonds is 0. The predicted molar refractivity (Wildman–Crippen MR) is 194 cm³/mol. The number of carbonyl (C=O) groups excluding carboxylic acids is 2. The molecule has 3 spiro atoms. The largest absolute Gasteiger partial charge is 0.536 e. The summed E-state index contributed by atoms with van der Waals surface area (Å²) in [5.74, 6) is -6.02. The first-order valence-corrected chi connectivity index (χ1v) is 20.5. The topological polar surface area (TPSA) is 167 Å². The monoisotopic (exact) mass is 775 g/mol. The van der Waals surface area contributed by atoms with Crippen molar-refractivity contribution in [3.8, 4) is 0 Å². The molecule has 6 fully saturated rings. The van der Waals surface area contributed by atoms with Crippen molar-refractivity contribution in [3.63, 3.8) is 0 Å². The number of aliphatic hydroxyl groups excluding tert-OH is 2. The lowest BCUT2D eigenvalue weighted by Gasteiger charge is -2.52. The maximum atomic E-state index is 14.6. The Kier molecular flexibility index (Phi) is 10.2. The van der Waals surface area contributed by atoms with E-state index in [1.54, 1.807) is 0 Å². The molecule has 17 atom stereocenters. The second-order valence-corrected chi connectivity index (χ2v) is 18.6. The van der Waals surface area contributed by atoms with Gasteiger partial charge in [-0.25, -0.2) is 9.59 Å². The summed E-state index contributed by atoms with van der Waals surface area (Å²) in [6, 6.07) is 0. The van der Waals surface area contributed by atoms with Crippen LogP contribution < -0.4 is 0 Å². The van der Waals surface area contributed by atoms with Crippen LogP contribution in [0.15, 0.2) is 24.3 Å². The smallest absolute Gasteiger partial charge is 0.504 e. The van der Waals surface area contributed by atoms with E-state index in [0.717, 1.165) is 0 Å². The van der Waals surface area contributed by atoms with Gasteiger partial charge in [-0.2, -0.15) is 0 Å². The lowest BCUT2D eigenvalue weighted by Crippen LogP contribution is -2.61. The third-order valence-corrected chi connectivity index (χ3v) is 14.3. The maximum absolute atomic E-state index is 14.6. The zero-order valence-corrected chi connectivity index (χ0v) is 33.4. The molecule has 2 N–H and O–H groups in total. The number of ether oxygens (including phenoxy) is 6. The van der Waals surface area contributed by atoms with Gasteiger partial charge in [0.05, 0.1) is 48.8 Å². The zero-order valence-electron chi connectivity index (χ0n) is 33.4. The van der Waals surface area contributed by atoms with Gasteiger partial charge in [0.25, 0.3) is 0 Å². The zero-order chi connectivity index (χ0) is 39.3. The highest BCUT2D eigenvalue weighted by atomic mass is 17.0. The summed E-state index contributed by atoms with van der Waals surface area (Å²) in [6.07, 6.45) is 2.49. The van der Waals surface area contributed by atoms with E-state index in [4.69, 9.17) is 47.0 Å². The van der Waals surface area contributed by atoms with Crippen LogP contribution in [0.3, 0.4) is 0 Å². The van der Waals surface area contributed by atoms with Gasteiger partial charge in [-0.1, -0.05) is 65.8 Å². The first-order valence-electron chi connectivity index (χ1n) is 20.5. The van der Waals surface area contributed by atoms with Gasteiger partial charge in [0, 0.05) is 35.5 Å². The number of carbonyl (C=O) groups is 2. The maximum Gasteiger partial charge on any atom is 0.536 e. The van der Waals surface area contributed by atoms with Gasteiger partial charge in [-0.05, 0) is 52.4 Å². The Morgan fingerprint density at radius 3 is 1.44 bits per heavy atom. The van der Waals surface area contributed by atoms with Gasteiger partial charge in [0.2, 0.25) is 0 Å². The molecule has 0 aromatic rings. The van der Waals surface area contributed by atoms with Crippen LogP contribution in [0.5, 0.6) is 0 Å². The third kappa shape index (κ3) is 6.66. The summed E-state index contributed by atoms with van der Waals surface area (Å²) < 4.78 is 65.8. The molecular formula is C40H60BO14-. The molecule has 8 aliphatic rings. The van der Waals surface area contributed by atoms with Gasteiger partial charge >= 0.3 is 18.9 Å². The number of aliphatic hydroxyl groups is 2. The van der Waals surface area contributed by atoms with E-state index in [1.807, 2.05) is 79.7 Å². The van der Waals surface area contributed by atoms with Crippen LogP contribution in [0.2, 0.25) is 0 Å². The number of fused-ring (bicyclic) bond motifs is 8. The van der Waals surface area contributed by atoms with Gasteiger partial charge in [0.15, 0.2) is 23.8 Å². The Morgan fingerprint density at radius 2 is 1.04 bits per heavy atom. The van der Waals surface area contributed by atoms with Crippen LogP contribution in [0.4, 0.5) is 0 Å². The fourth-order valence-corrected chi connectivity index (χ4v) is 10.1. The van der Waals surface area contributed by atoms with E-state index in [9.17, 15) is 19.8 Å². The fraction of sp³-hybridized carbons (Fsp3) is 0.850. The average Bonchev–Trinajstić information content (AvgIpc) is 3.84. The van der Waals surface area contributed by atoms with Crippen molar-refractivity contribution >= 4 is 18.9 Å². The fourth-order valence-electron chi connectivity index (χ4n) is 10.1. The summed E-state index contributed by atoms with van der Waals surface area (Å²) in [5.41, 5.74) is -1.64. The number of hydrogen-bond acceptors (Lipinski definition) is 14. The summed E-state index contributed by atoms with van der Waals surface area (Å²) in [4.78, 5) is 29.2. The minimum Gasteiger partial charge on any atom is -0.504 e. The van der Waals surface area contributed by atoms with Crippen molar-refractivity contribution < 1.29 is 66.8 Å². The summed E-state index contributed by atoms with van der Waals surface area (Å²) >= 11 is 0. The van der Waals surface area contributed by atoms with Gasteiger partial charge in [-0.3, -0.25) is 0 Å². The van der Waals surface area contributed by atoms with Crippen LogP contribution in [-0.2, 0) is 56.6 Å². The molecule has 0 aromatic heterocycles. The van der Waals surface area contributed by atoms with E-state index < -0.39 is 114 Å². The molecule has 55 heavy (non-hydrogen) atoms. The van der Waals surface area contributed by atoms with Crippen LogP contribution >= 0.6 is 0 Å². The second kappa shape index (κ2) is 14.1. The quantitative estimate of drug-likeness (QED) is 0.205. The van der Waals surface area contributed by atoms with Gasteiger partial charge in [0.1, 0.15) is 12.2 Å². The number of esters is 2. The normalized spacial score (nSPS) is 53.3. The molecule has 0 aliphatic carbocycles. The molecule has 0 amide bonds. The Labute approximate surface area is 323 Å². The molecule has 14 nitrogen and oxygen atoms in total. The molecule has 6 saturated heterocycles. The SMILES string of the molecule is C[C@@H]1CC[C@@H]2O[C@]13O[B-]14O[C@H]3C(=O)O[C@H]3C[C@@H](/C=C/C[C@H](O)C(C)(C)[C@@H]5CC[C@@H](C)[C@](O5)(O1)[C@@H](O4)C(=O)O[C@H]1C[C@@H](/C=C/C[C@@H](O)C2(C)C)O[C@@H]1C)O[C@@H]3C. The van der Waals surface area contributed by atoms with E-state index in [1.165, 1.54) is 0 Å². The summed E-state index contributed by atoms with van der Waals surface area (Å²) in [6.45, 7) is 11.8. The highest BCUT2D eigenvalue weighted by molar-refractivity contribution is 6.56. The Morgan fingerprint density at radius 1 is 0.636 bits per heavy atom. The van der Waals surface area contributed by atoms with Crippen molar-refractivity contribution in [2.24, 2.45) is 22.7 Å². The van der Waals surface area contributed by atoms with Crippen molar-refractivity contribution in [2.45, 2.75) is 192 Å². The molecule has 308 valence electrons. The molecule has 8 rings (SSSR count). The highest BCUT2D eigenvalue weighted by Crippen LogP contribution is 2.57. The molecule has 8 heterocycles. The first-order chi connectivity index (χ1) is 25.9. The van der Waals surface area contributed by atoms with E-state index in [2.05, 4.69) is 0 Å². The summed E-state index contributed by atoms with van der Waals surface area (Å²) in [5, 5.41) is 23.3. The summed E-state index contributed by atoms with van der Waals surface area (Å²) in [7, 11) is 0. The lowest BCUT2D eigenvalue weighted by molar-refractivity contribution is -0.310. The minimum absolute atomic E-state index is 0.318. The van der Waals surface area contributed by atoms with Crippen LogP contribution in [0.25, 0.3) is 0 Å². The average molecular weight is 776 g/mol. The molecule has 0 aromatic carbocycles. The first kappa shape index (κ1) is 39.9. The minimum atomic E-state index is -3.42. The Balaban J connectivity index is 1.27. The van der Waals surface area contributed by atoms with E-state index >= 15 is 0 Å². The molecule has 11 bridgehead atoms. The molecule has 8 aliphatic heterocycles. The van der Waals surface area contributed by atoms with Crippen molar-refractivity contribution in [1.29, 1.82) is 0 Å². The molecule has 0 saturated carbocycles. The number of hydrogen-bond donors (Lipinski definition) is 2. The van der Waals surface area contributed by atoms with Gasteiger partial charge < -0.3 is 57.3 Å². The molecule has 0 radical (unpaired) electrons. The molecule has 15 heteroatoms. The molecule has 1 unspecified atom stereocenters. The second-order valence-electron chi connectivity index (χ2n) is 18.6. The Hall–Kier alpha value is -1.92. The Bertz CT molecular complexity index is 1440. The van der Waals surface area contributed by atoms with Crippen LogP contribution in [0, 0.1) is 22.7 Å². The highest BCUT2D eigenvalue weighted by Gasteiger charge is 2.73.